The Kier molecular flexibility index (Phi) is 5.49. The Bertz CT molecular complexity index is 582. The Hall–Kier alpha value is -2.08. The van der Waals surface area contributed by atoms with Gasteiger partial charge in [-0.05, 0) is 39.2 Å². The SMILES string of the molecule is CC(C)(C)OC(=O)C1(CN)CCCN1C(=O)OCc1ccccc1. The van der Waals surface area contributed by atoms with Crippen molar-refractivity contribution in [3.63, 3.8) is 0 Å². The number of hydrogen-bond donors (Lipinski definition) is 1. The lowest BCUT2D eigenvalue weighted by Gasteiger charge is -2.36. The molecular formula is C18H26N2O4. The predicted octanol–water partition coefficient (Wildman–Crippen LogP) is 2.46. The van der Waals surface area contributed by atoms with Gasteiger partial charge in [0, 0.05) is 13.1 Å². The van der Waals surface area contributed by atoms with E-state index in [2.05, 4.69) is 0 Å². The van der Waals surface area contributed by atoms with Gasteiger partial charge < -0.3 is 15.2 Å². The van der Waals surface area contributed by atoms with Crippen molar-refractivity contribution in [2.45, 2.75) is 51.4 Å². The number of amides is 1. The summed E-state index contributed by atoms with van der Waals surface area (Å²) in [6.07, 6.45) is 0.642. The van der Waals surface area contributed by atoms with Gasteiger partial charge in [-0.2, -0.15) is 0 Å². The minimum atomic E-state index is -1.14. The number of benzene rings is 1. The fraction of sp³-hybridized carbons (Fsp3) is 0.556. The van der Waals surface area contributed by atoms with E-state index in [0.29, 0.717) is 19.4 Å². The Balaban J connectivity index is 2.09. The Morgan fingerprint density at radius 2 is 1.92 bits per heavy atom. The van der Waals surface area contributed by atoms with Gasteiger partial charge in [0.05, 0.1) is 0 Å². The molecule has 1 amide bonds. The van der Waals surface area contributed by atoms with Crippen molar-refractivity contribution in [2.75, 3.05) is 13.1 Å². The molecule has 1 aromatic rings. The first-order valence-electron chi connectivity index (χ1n) is 8.20. The Morgan fingerprint density at radius 1 is 1.25 bits per heavy atom. The summed E-state index contributed by atoms with van der Waals surface area (Å²) in [5.41, 5.74) is 4.99. The molecule has 1 aromatic carbocycles. The van der Waals surface area contributed by atoms with Crippen molar-refractivity contribution in [3.05, 3.63) is 35.9 Å². The summed E-state index contributed by atoms with van der Waals surface area (Å²) < 4.78 is 10.9. The van der Waals surface area contributed by atoms with Crippen LogP contribution < -0.4 is 5.73 Å². The van der Waals surface area contributed by atoms with Crippen LogP contribution in [0.25, 0.3) is 0 Å². The third-order valence-electron chi connectivity index (χ3n) is 4.03. The number of likely N-dealkylation sites (tertiary alicyclic amines) is 1. The van der Waals surface area contributed by atoms with Crippen molar-refractivity contribution in [1.82, 2.24) is 4.90 Å². The molecule has 0 saturated carbocycles. The lowest BCUT2D eigenvalue weighted by Crippen LogP contribution is -2.59. The molecule has 1 aliphatic heterocycles. The van der Waals surface area contributed by atoms with Crippen LogP contribution in [0, 0.1) is 0 Å². The fourth-order valence-corrected chi connectivity index (χ4v) is 2.82. The highest BCUT2D eigenvalue weighted by molar-refractivity contribution is 5.87. The van der Waals surface area contributed by atoms with Gasteiger partial charge in [-0.3, -0.25) is 4.90 Å². The van der Waals surface area contributed by atoms with E-state index in [1.165, 1.54) is 4.90 Å². The molecule has 6 heteroatoms. The molecule has 1 fully saturated rings. The third kappa shape index (κ3) is 4.06. The first-order chi connectivity index (χ1) is 11.3. The van der Waals surface area contributed by atoms with E-state index >= 15 is 0 Å². The second-order valence-corrected chi connectivity index (χ2v) is 7.03. The second-order valence-electron chi connectivity index (χ2n) is 7.03. The Morgan fingerprint density at radius 3 is 2.50 bits per heavy atom. The van der Waals surface area contributed by atoms with E-state index in [9.17, 15) is 9.59 Å². The quantitative estimate of drug-likeness (QED) is 0.855. The highest BCUT2D eigenvalue weighted by Crippen LogP contribution is 2.32. The largest absolute Gasteiger partial charge is 0.458 e. The molecule has 132 valence electrons. The van der Waals surface area contributed by atoms with Gasteiger partial charge in [-0.25, -0.2) is 9.59 Å². The van der Waals surface area contributed by atoms with Crippen molar-refractivity contribution in [1.29, 1.82) is 0 Å². The molecule has 1 unspecified atom stereocenters. The van der Waals surface area contributed by atoms with Crippen LogP contribution in [0.2, 0.25) is 0 Å². The lowest BCUT2D eigenvalue weighted by atomic mass is 9.96. The smallest absolute Gasteiger partial charge is 0.411 e. The van der Waals surface area contributed by atoms with Crippen molar-refractivity contribution in [2.24, 2.45) is 5.73 Å². The van der Waals surface area contributed by atoms with Crippen LogP contribution in [0.4, 0.5) is 4.79 Å². The van der Waals surface area contributed by atoms with Crippen LogP contribution in [0.15, 0.2) is 30.3 Å². The average molecular weight is 334 g/mol. The van der Waals surface area contributed by atoms with Crippen LogP contribution >= 0.6 is 0 Å². The standard InChI is InChI=1S/C18H26N2O4/c1-17(2,3)24-15(21)18(13-19)10-7-11-20(18)16(22)23-12-14-8-5-4-6-9-14/h4-6,8-9H,7,10-13,19H2,1-3H3. The molecule has 0 radical (unpaired) electrons. The number of nitrogens with zero attached hydrogens (tertiary/aromatic N) is 1. The first-order valence-corrected chi connectivity index (χ1v) is 8.20. The maximum Gasteiger partial charge on any atom is 0.411 e. The molecule has 0 aliphatic carbocycles. The lowest BCUT2D eigenvalue weighted by molar-refractivity contribution is -0.166. The van der Waals surface area contributed by atoms with Crippen molar-refractivity contribution < 1.29 is 19.1 Å². The van der Waals surface area contributed by atoms with E-state index in [0.717, 1.165) is 5.56 Å². The molecule has 0 bridgehead atoms. The Labute approximate surface area is 142 Å². The zero-order valence-electron chi connectivity index (χ0n) is 14.6. The van der Waals surface area contributed by atoms with Gasteiger partial charge in [-0.1, -0.05) is 30.3 Å². The summed E-state index contributed by atoms with van der Waals surface area (Å²) in [4.78, 5) is 26.6. The molecule has 1 saturated heterocycles. The van der Waals surface area contributed by atoms with E-state index < -0.39 is 23.2 Å². The third-order valence-corrected chi connectivity index (χ3v) is 4.03. The van der Waals surface area contributed by atoms with Crippen LogP contribution in [0.1, 0.15) is 39.2 Å². The number of carbonyl (C=O) groups is 2. The summed E-state index contributed by atoms with van der Waals surface area (Å²) in [6.45, 7) is 5.99. The predicted molar refractivity (Wildman–Crippen MR) is 90.2 cm³/mol. The van der Waals surface area contributed by atoms with Crippen molar-refractivity contribution >= 4 is 12.1 Å². The second kappa shape index (κ2) is 7.21. The molecule has 2 rings (SSSR count). The topological polar surface area (TPSA) is 81.9 Å². The van der Waals surface area contributed by atoms with Gasteiger partial charge in [0.25, 0.3) is 0 Å². The molecule has 1 heterocycles. The summed E-state index contributed by atoms with van der Waals surface area (Å²) >= 11 is 0. The molecule has 2 N–H and O–H groups in total. The van der Waals surface area contributed by atoms with Crippen molar-refractivity contribution in [3.8, 4) is 0 Å². The maximum atomic E-state index is 12.7. The highest BCUT2D eigenvalue weighted by atomic mass is 16.6. The van der Waals surface area contributed by atoms with E-state index in [4.69, 9.17) is 15.2 Å². The minimum Gasteiger partial charge on any atom is -0.458 e. The van der Waals surface area contributed by atoms with Crippen LogP contribution in [-0.4, -0.2) is 41.2 Å². The van der Waals surface area contributed by atoms with E-state index in [-0.39, 0.29) is 13.2 Å². The van der Waals surface area contributed by atoms with Gasteiger partial charge >= 0.3 is 12.1 Å². The molecule has 24 heavy (non-hydrogen) atoms. The van der Waals surface area contributed by atoms with Gasteiger partial charge in [0.15, 0.2) is 5.54 Å². The summed E-state index contributed by atoms with van der Waals surface area (Å²) in [7, 11) is 0. The average Bonchev–Trinajstić information content (AvgIpc) is 2.97. The minimum absolute atomic E-state index is 0.0162. The summed E-state index contributed by atoms with van der Waals surface area (Å²) in [5.74, 6) is -0.466. The number of nitrogens with two attached hydrogens (primary N) is 1. The molecule has 0 aromatic heterocycles. The van der Waals surface area contributed by atoms with Crippen LogP contribution in [-0.2, 0) is 20.9 Å². The zero-order chi connectivity index (χ0) is 17.8. The van der Waals surface area contributed by atoms with E-state index in [1.807, 2.05) is 30.3 Å². The molecular weight excluding hydrogens is 308 g/mol. The number of carbonyl (C=O) groups excluding carboxylic acids is 2. The van der Waals surface area contributed by atoms with Gasteiger partial charge in [-0.15, -0.1) is 0 Å². The van der Waals surface area contributed by atoms with Crippen LogP contribution in [0.5, 0.6) is 0 Å². The molecule has 6 nitrogen and oxygen atoms in total. The number of esters is 1. The molecule has 1 atom stereocenters. The van der Waals surface area contributed by atoms with E-state index in [1.54, 1.807) is 20.8 Å². The fourth-order valence-electron chi connectivity index (χ4n) is 2.82. The first kappa shape index (κ1) is 18.3. The summed E-state index contributed by atoms with van der Waals surface area (Å²) in [5, 5.41) is 0. The zero-order valence-corrected chi connectivity index (χ0v) is 14.6. The molecule has 0 spiro atoms. The number of rotatable bonds is 4. The monoisotopic (exact) mass is 334 g/mol. The van der Waals surface area contributed by atoms with Crippen LogP contribution in [0.3, 0.4) is 0 Å². The summed E-state index contributed by atoms with van der Waals surface area (Å²) in [6, 6.07) is 9.41. The number of hydrogen-bond acceptors (Lipinski definition) is 5. The van der Waals surface area contributed by atoms with Gasteiger partial charge in [0.1, 0.15) is 12.2 Å². The van der Waals surface area contributed by atoms with Gasteiger partial charge in [0.2, 0.25) is 0 Å². The normalized spacial score (nSPS) is 20.8. The number of ether oxygens (including phenoxy) is 2. The maximum absolute atomic E-state index is 12.7. The highest BCUT2D eigenvalue weighted by Gasteiger charge is 2.51. The molecule has 1 aliphatic rings.